The first-order valence-corrected chi connectivity index (χ1v) is 7.63. The molecule has 2 fully saturated rings. The SMILES string of the molecule is C=CC1CCC(C2CCCC(NC)CC2)CC1. The molecule has 1 nitrogen and oxygen atoms in total. The first-order chi connectivity index (χ1) is 8.33. The Morgan fingerprint density at radius 1 is 0.882 bits per heavy atom. The van der Waals surface area contributed by atoms with E-state index >= 15 is 0 Å². The van der Waals surface area contributed by atoms with Crippen molar-refractivity contribution in [1.29, 1.82) is 0 Å². The molecular formula is C16H29N. The fraction of sp³-hybridized carbons (Fsp3) is 0.875. The molecule has 2 unspecified atom stereocenters. The second-order valence-corrected chi connectivity index (χ2v) is 6.16. The van der Waals surface area contributed by atoms with Gasteiger partial charge in [-0.2, -0.15) is 0 Å². The summed E-state index contributed by atoms with van der Waals surface area (Å²) in [4.78, 5) is 0. The summed E-state index contributed by atoms with van der Waals surface area (Å²) in [6, 6.07) is 0.796. The lowest BCUT2D eigenvalue weighted by Gasteiger charge is -2.32. The van der Waals surface area contributed by atoms with Crippen LogP contribution in [-0.2, 0) is 0 Å². The fourth-order valence-corrected chi connectivity index (χ4v) is 3.94. The molecule has 0 aromatic heterocycles. The molecule has 2 saturated carbocycles. The van der Waals surface area contributed by atoms with E-state index in [-0.39, 0.29) is 0 Å². The number of hydrogen-bond acceptors (Lipinski definition) is 1. The molecule has 0 heterocycles. The Kier molecular flexibility index (Phi) is 5.09. The van der Waals surface area contributed by atoms with Crippen LogP contribution in [0.1, 0.15) is 57.8 Å². The van der Waals surface area contributed by atoms with Gasteiger partial charge in [0.05, 0.1) is 0 Å². The number of nitrogens with one attached hydrogen (secondary N) is 1. The number of allylic oxidation sites excluding steroid dienone is 1. The van der Waals surface area contributed by atoms with Gasteiger partial charge in [-0.15, -0.1) is 6.58 Å². The van der Waals surface area contributed by atoms with Crippen LogP contribution < -0.4 is 5.32 Å². The quantitative estimate of drug-likeness (QED) is 0.572. The summed E-state index contributed by atoms with van der Waals surface area (Å²) in [6.07, 6.45) is 15.1. The highest BCUT2D eigenvalue weighted by Crippen LogP contribution is 2.39. The van der Waals surface area contributed by atoms with Gasteiger partial charge in [0.15, 0.2) is 0 Å². The third-order valence-electron chi connectivity index (χ3n) is 5.24. The molecule has 0 saturated heterocycles. The van der Waals surface area contributed by atoms with Crippen molar-refractivity contribution in [2.24, 2.45) is 17.8 Å². The molecule has 0 amide bonds. The topological polar surface area (TPSA) is 12.0 Å². The van der Waals surface area contributed by atoms with Crippen LogP contribution in [0.15, 0.2) is 12.7 Å². The van der Waals surface area contributed by atoms with E-state index in [0.29, 0.717) is 0 Å². The van der Waals surface area contributed by atoms with Crippen LogP contribution in [0.25, 0.3) is 0 Å². The molecular weight excluding hydrogens is 206 g/mol. The van der Waals surface area contributed by atoms with E-state index in [1.165, 1.54) is 57.8 Å². The lowest BCUT2D eigenvalue weighted by molar-refractivity contribution is 0.205. The first kappa shape index (κ1) is 13.1. The van der Waals surface area contributed by atoms with E-state index in [1.807, 2.05) is 0 Å². The van der Waals surface area contributed by atoms with Gasteiger partial charge in [0.25, 0.3) is 0 Å². The zero-order valence-electron chi connectivity index (χ0n) is 11.5. The molecule has 0 radical (unpaired) electrons. The summed E-state index contributed by atoms with van der Waals surface area (Å²) >= 11 is 0. The summed E-state index contributed by atoms with van der Waals surface area (Å²) in [5, 5.41) is 3.47. The minimum atomic E-state index is 0.796. The molecule has 0 aromatic carbocycles. The molecule has 2 atom stereocenters. The van der Waals surface area contributed by atoms with Crippen LogP contribution in [0.5, 0.6) is 0 Å². The van der Waals surface area contributed by atoms with Crippen molar-refractivity contribution in [3.8, 4) is 0 Å². The maximum atomic E-state index is 3.95. The van der Waals surface area contributed by atoms with E-state index in [9.17, 15) is 0 Å². The number of rotatable bonds is 3. The lowest BCUT2D eigenvalue weighted by atomic mass is 9.73. The highest BCUT2D eigenvalue weighted by Gasteiger charge is 2.28. The Balaban J connectivity index is 1.80. The van der Waals surface area contributed by atoms with Gasteiger partial charge < -0.3 is 5.32 Å². The molecule has 17 heavy (non-hydrogen) atoms. The zero-order valence-corrected chi connectivity index (χ0v) is 11.5. The summed E-state index contributed by atoms with van der Waals surface area (Å²) in [5.74, 6) is 2.88. The normalized spacial score (nSPS) is 39.6. The fourth-order valence-electron chi connectivity index (χ4n) is 3.94. The van der Waals surface area contributed by atoms with E-state index < -0.39 is 0 Å². The maximum absolute atomic E-state index is 3.95. The average Bonchev–Trinajstić information content (AvgIpc) is 2.64. The third kappa shape index (κ3) is 3.58. The molecule has 1 N–H and O–H groups in total. The minimum Gasteiger partial charge on any atom is -0.317 e. The molecule has 0 aliphatic heterocycles. The van der Waals surface area contributed by atoms with Gasteiger partial charge in [0.1, 0.15) is 0 Å². The summed E-state index contributed by atoms with van der Waals surface area (Å²) < 4.78 is 0. The van der Waals surface area contributed by atoms with Gasteiger partial charge in [-0.25, -0.2) is 0 Å². The predicted molar refractivity (Wildman–Crippen MR) is 75.1 cm³/mol. The van der Waals surface area contributed by atoms with E-state index in [1.54, 1.807) is 0 Å². The van der Waals surface area contributed by atoms with E-state index in [4.69, 9.17) is 0 Å². The predicted octanol–water partition coefficient (Wildman–Crippen LogP) is 4.15. The van der Waals surface area contributed by atoms with Gasteiger partial charge in [0.2, 0.25) is 0 Å². The molecule has 1 heteroatoms. The van der Waals surface area contributed by atoms with Crippen LogP contribution >= 0.6 is 0 Å². The van der Waals surface area contributed by atoms with Gasteiger partial charge in [-0.1, -0.05) is 18.9 Å². The van der Waals surface area contributed by atoms with Gasteiger partial charge in [-0.3, -0.25) is 0 Å². The Morgan fingerprint density at radius 2 is 1.53 bits per heavy atom. The Morgan fingerprint density at radius 3 is 2.18 bits per heavy atom. The smallest absolute Gasteiger partial charge is 0.00641 e. The third-order valence-corrected chi connectivity index (χ3v) is 5.24. The molecule has 2 aliphatic rings. The summed E-state index contributed by atoms with van der Waals surface area (Å²) in [5.41, 5.74) is 0. The monoisotopic (exact) mass is 235 g/mol. The average molecular weight is 235 g/mol. The van der Waals surface area contributed by atoms with Crippen LogP contribution in [0.4, 0.5) is 0 Å². The second-order valence-electron chi connectivity index (χ2n) is 6.16. The standard InChI is InChI=1S/C16H29N/c1-3-13-7-9-15(10-8-13)14-5-4-6-16(17-2)12-11-14/h3,13-17H,1,4-12H2,2H3. The van der Waals surface area contributed by atoms with Gasteiger partial charge in [0, 0.05) is 6.04 Å². The second kappa shape index (κ2) is 6.58. The minimum absolute atomic E-state index is 0.796. The van der Waals surface area contributed by atoms with Crippen LogP contribution in [0, 0.1) is 17.8 Å². The van der Waals surface area contributed by atoms with Crippen LogP contribution in [0.3, 0.4) is 0 Å². The lowest BCUT2D eigenvalue weighted by Crippen LogP contribution is -2.25. The van der Waals surface area contributed by atoms with Crippen molar-refractivity contribution in [3.05, 3.63) is 12.7 Å². The molecule has 2 aliphatic carbocycles. The maximum Gasteiger partial charge on any atom is 0.00641 e. The zero-order chi connectivity index (χ0) is 12.1. The molecule has 0 bridgehead atoms. The van der Waals surface area contributed by atoms with Gasteiger partial charge in [-0.05, 0) is 69.7 Å². The van der Waals surface area contributed by atoms with Crippen molar-refractivity contribution in [1.82, 2.24) is 5.32 Å². The molecule has 0 spiro atoms. The number of hydrogen-bond donors (Lipinski definition) is 1. The van der Waals surface area contributed by atoms with Crippen LogP contribution in [0.2, 0.25) is 0 Å². The Bertz CT molecular complexity index is 228. The van der Waals surface area contributed by atoms with E-state index in [0.717, 1.165) is 23.8 Å². The van der Waals surface area contributed by atoms with Crippen molar-refractivity contribution in [2.75, 3.05) is 7.05 Å². The van der Waals surface area contributed by atoms with Crippen molar-refractivity contribution >= 4 is 0 Å². The summed E-state index contributed by atoms with van der Waals surface area (Å²) in [6.45, 7) is 3.95. The molecule has 98 valence electrons. The highest BCUT2D eigenvalue weighted by molar-refractivity contribution is 4.87. The first-order valence-electron chi connectivity index (χ1n) is 7.63. The Hall–Kier alpha value is -0.300. The van der Waals surface area contributed by atoms with E-state index in [2.05, 4.69) is 25.0 Å². The van der Waals surface area contributed by atoms with Gasteiger partial charge >= 0.3 is 0 Å². The molecule has 0 aromatic rings. The highest BCUT2D eigenvalue weighted by atomic mass is 14.9. The van der Waals surface area contributed by atoms with Crippen molar-refractivity contribution in [2.45, 2.75) is 63.8 Å². The van der Waals surface area contributed by atoms with Crippen molar-refractivity contribution in [3.63, 3.8) is 0 Å². The van der Waals surface area contributed by atoms with Crippen molar-refractivity contribution < 1.29 is 0 Å². The Labute approximate surface area is 107 Å². The largest absolute Gasteiger partial charge is 0.317 e. The summed E-state index contributed by atoms with van der Waals surface area (Å²) in [7, 11) is 2.13. The van der Waals surface area contributed by atoms with Crippen LogP contribution in [-0.4, -0.2) is 13.1 Å². The molecule has 2 rings (SSSR count).